The molecule has 2 aromatic rings. The Morgan fingerprint density at radius 3 is 2.89 bits per heavy atom. The molecule has 0 atom stereocenters. The van der Waals surface area contributed by atoms with Crippen LogP contribution in [0, 0.1) is 11.3 Å². The molecule has 0 radical (unpaired) electrons. The first-order chi connectivity index (χ1) is 8.81. The van der Waals surface area contributed by atoms with Crippen molar-refractivity contribution in [2.24, 2.45) is 12.2 Å². The number of aryl methyl sites for hydroxylation is 1. The van der Waals surface area contributed by atoms with Crippen molar-refractivity contribution in [2.45, 2.75) is 6.61 Å². The Hall–Kier alpha value is -2.54. The van der Waals surface area contributed by atoms with Crippen molar-refractivity contribution in [3.8, 4) is 6.07 Å². The fourth-order valence-corrected chi connectivity index (χ4v) is 1.56. The van der Waals surface area contributed by atoms with Crippen molar-refractivity contribution in [3.05, 3.63) is 59.4 Å². The minimum atomic E-state index is 0.296. The highest BCUT2D eigenvalue weighted by atomic mass is 16.6. The van der Waals surface area contributed by atoms with Gasteiger partial charge in [0.2, 0.25) is 0 Å². The quantitative estimate of drug-likeness (QED) is 0.607. The highest BCUT2D eigenvalue weighted by molar-refractivity contribution is 5.76. The second-order valence-electron chi connectivity index (χ2n) is 3.82. The van der Waals surface area contributed by atoms with Crippen molar-refractivity contribution in [1.29, 1.82) is 5.26 Å². The molecule has 0 saturated heterocycles. The van der Waals surface area contributed by atoms with E-state index in [0.29, 0.717) is 12.2 Å². The Balaban J connectivity index is 1.95. The Labute approximate surface area is 106 Å². The fraction of sp³-hybridized carbons (Fsp3) is 0.143. The van der Waals surface area contributed by atoms with Crippen LogP contribution in [0.25, 0.3) is 0 Å². The van der Waals surface area contributed by atoms with Crippen LogP contribution in [0.3, 0.4) is 0 Å². The molecule has 90 valence electrons. The highest BCUT2D eigenvalue weighted by Gasteiger charge is 2.00. The number of hydrogen-bond acceptors (Lipinski definition) is 3. The SMILES string of the molecule is Cn1cccc1/C=N\OCc1ccccc1C#N. The number of rotatable bonds is 4. The van der Waals surface area contributed by atoms with Crippen LogP contribution in [-0.4, -0.2) is 10.8 Å². The molecule has 18 heavy (non-hydrogen) atoms. The third kappa shape index (κ3) is 2.77. The lowest BCUT2D eigenvalue weighted by atomic mass is 10.1. The number of nitrogens with zero attached hydrogens (tertiary/aromatic N) is 3. The highest BCUT2D eigenvalue weighted by Crippen LogP contribution is 2.08. The van der Waals surface area contributed by atoms with E-state index in [4.69, 9.17) is 10.1 Å². The van der Waals surface area contributed by atoms with Crippen LogP contribution in [0.5, 0.6) is 0 Å². The zero-order valence-corrected chi connectivity index (χ0v) is 10.1. The van der Waals surface area contributed by atoms with Crippen LogP contribution < -0.4 is 0 Å². The van der Waals surface area contributed by atoms with Gasteiger partial charge >= 0.3 is 0 Å². The topological polar surface area (TPSA) is 50.3 Å². The van der Waals surface area contributed by atoms with E-state index in [2.05, 4.69) is 11.2 Å². The third-order valence-electron chi connectivity index (χ3n) is 2.60. The maximum Gasteiger partial charge on any atom is 0.143 e. The molecule has 1 aromatic carbocycles. The molecule has 2 rings (SSSR count). The summed E-state index contributed by atoms with van der Waals surface area (Å²) in [6.45, 7) is 0.296. The minimum Gasteiger partial charge on any atom is -0.391 e. The molecule has 0 fully saturated rings. The van der Waals surface area contributed by atoms with Crippen LogP contribution in [-0.2, 0) is 18.5 Å². The number of hydrogen-bond donors (Lipinski definition) is 0. The summed E-state index contributed by atoms with van der Waals surface area (Å²) in [6.07, 6.45) is 3.58. The third-order valence-corrected chi connectivity index (χ3v) is 2.60. The predicted octanol–water partition coefficient (Wildman–Crippen LogP) is 2.45. The van der Waals surface area contributed by atoms with Gasteiger partial charge in [-0.25, -0.2) is 0 Å². The molecule has 4 nitrogen and oxygen atoms in total. The van der Waals surface area contributed by atoms with Crippen LogP contribution in [0.1, 0.15) is 16.8 Å². The Morgan fingerprint density at radius 2 is 2.17 bits per heavy atom. The molecule has 1 heterocycles. The van der Waals surface area contributed by atoms with Crippen molar-refractivity contribution < 1.29 is 4.84 Å². The second-order valence-corrected chi connectivity index (χ2v) is 3.82. The summed E-state index contributed by atoms with van der Waals surface area (Å²) in [7, 11) is 1.94. The van der Waals surface area contributed by atoms with E-state index in [-0.39, 0.29) is 0 Å². The first-order valence-corrected chi connectivity index (χ1v) is 5.56. The normalized spacial score (nSPS) is 10.4. The van der Waals surface area contributed by atoms with Crippen LogP contribution in [0.15, 0.2) is 47.8 Å². The van der Waals surface area contributed by atoms with Gasteiger partial charge in [0.25, 0.3) is 0 Å². The van der Waals surface area contributed by atoms with Gasteiger partial charge in [0.1, 0.15) is 6.61 Å². The minimum absolute atomic E-state index is 0.296. The van der Waals surface area contributed by atoms with Gasteiger partial charge in [0.15, 0.2) is 0 Å². The van der Waals surface area contributed by atoms with Gasteiger partial charge in [-0.3, -0.25) is 0 Å². The monoisotopic (exact) mass is 239 g/mol. The molecule has 0 N–H and O–H groups in total. The van der Waals surface area contributed by atoms with Crippen LogP contribution >= 0.6 is 0 Å². The molecular weight excluding hydrogens is 226 g/mol. The van der Waals surface area contributed by atoms with E-state index in [1.165, 1.54) is 0 Å². The van der Waals surface area contributed by atoms with Crippen LogP contribution in [0.2, 0.25) is 0 Å². The lowest BCUT2D eigenvalue weighted by Gasteiger charge is -2.01. The number of oxime groups is 1. The van der Waals surface area contributed by atoms with Crippen molar-refractivity contribution in [1.82, 2.24) is 4.57 Å². The lowest BCUT2D eigenvalue weighted by Crippen LogP contribution is -1.95. The lowest BCUT2D eigenvalue weighted by molar-refractivity contribution is 0.132. The van der Waals surface area contributed by atoms with Gasteiger partial charge < -0.3 is 9.40 Å². The summed E-state index contributed by atoms with van der Waals surface area (Å²) in [5, 5.41) is 12.8. The summed E-state index contributed by atoms with van der Waals surface area (Å²) in [5.74, 6) is 0. The summed E-state index contributed by atoms with van der Waals surface area (Å²) in [5.41, 5.74) is 2.42. The number of aromatic nitrogens is 1. The molecule has 1 aromatic heterocycles. The molecule has 0 spiro atoms. The molecular formula is C14H13N3O. The molecule has 0 bridgehead atoms. The average Bonchev–Trinajstić information content (AvgIpc) is 2.81. The van der Waals surface area contributed by atoms with E-state index >= 15 is 0 Å². The van der Waals surface area contributed by atoms with Gasteiger partial charge in [-0.05, 0) is 18.2 Å². The van der Waals surface area contributed by atoms with Gasteiger partial charge in [0, 0.05) is 18.8 Å². The Kier molecular flexibility index (Phi) is 3.77. The fourth-order valence-electron chi connectivity index (χ4n) is 1.56. The number of benzene rings is 1. The standard InChI is InChI=1S/C14H13N3O/c1-17-8-4-7-14(17)10-16-18-11-13-6-3-2-5-12(13)9-15/h2-8,10H,11H2,1H3/b16-10-. The molecule has 0 amide bonds. The summed E-state index contributed by atoms with van der Waals surface area (Å²) >= 11 is 0. The molecule has 0 unspecified atom stereocenters. The number of nitriles is 1. The van der Waals surface area contributed by atoms with Gasteiger partial charge in [-0.2, -0.15) is 5.26 Å². The Bertz CT molecular complexity index is 593. The van der Waals surface area contributed by atoms with E-state index in [1.807, 2.05) is 48.1 Å². The van der Waals surface area contributed by atoms with Crippen LogP contribution in [0.4, 0.5) is 0 Å². The van der Waals surface area contributed by atoms with Gasteiger partial charge in [-0.1, -0.05) is 23.4 Å². The average molecular weight is 239 g/mol. The molecule has 4 heteroatoms. The second kappa shape index (κ2) is 5.69. The Morgan fingerprint density at radius 1 is 1.33 bits per heavy atom. The summed E-state index contributed by atoms with van der Waals surface area (Å²) in [6, 6.07) is 13.3. The molecule has 0 aliphatic heterocycles. The van der Waals surface area contributed by atoms with E-state index in [1.54, 1.807) is 12.3 Å². The van der Waals surface area contributed by atoms with Crippen molar-refractivity contribution in [2.75, 3.05) is 0 Å². The van der Waals surface area contributed by atoms with Crippen molar-refractivity contribution in [3.63, 3.8) is 0 Å². The van der Waals surface area contributed by atoms with E-state index in [9.17, 15) is 0 Å². The largest absolute Gasteiger partial charge is 0.391 e. The molecule has 0 aliphatic rings. The maximum absolute atomic E-state index is 8.91. The molecule has 0 saturated carbocycles. The van der Waals surface area contributed by atoms with Gasteiger partial charge in [-0.15, -0.1) is 0 Å². The van der Waals surface area contributed by atoms with E-state index < -0.39 is 0 Å². The van der Waals surface area contributed by atoms with Gasteiger partial charge in [0.05, 0.1) is 23.5 Å². The predicted molar refractivity (Wildman–Crippen MR) is 69.0 cm³/mol. The zero-order valence-electron chi connectivity index (χ0n) is 10.1. The molecule has 0 aliphatic carbocycles. The van der Waals surface area contributed by atoms with E-state index in [0.717, 1.165) is 11.3 Å². The first-order valence-electron chi connectivity index (χ1n) is 5.56. The maximum atomic E-state index is 8.91. The first kappa shape index (κ1) is 11.9. The zero-order chi connectivity index (χ0) is 12.8. The smallest absolute Gasteiger partial charge is 0.143 e. The summed E-state index contributed by atoms with van der Waals surface area (Å²) < 4.78 is 1.94. The van der Waals surface area contributed by atoms with Crippen molar-refractivity contribution >= 4 is 6.21 Å². The summed E-state index contributed by atoms with van der Waals surface area (Å²) in [4.78, 5) is 5.20.